The van der Waals surface area contributed by atoms with E-state index in [2.05, 4.69) is 20.8 Å². The van der Waals surface area contributed by atoms with Crippen LogP contribution >= 0.6 is 34.7 Å². The zero-order valence-electron chi connectivity index (χ0n) is 29.1. The smallest absolute Gasteiger partial charge is 0.413 e. The van der Waals surface area contributed by atoms with Crippen molar-refractivity contribution in [3.63, 3.8) is 0 Å². The lowest BCUT2D eigenvalue weighted by molar-refractivity contribution is -0.150. The van der Waals surface area contributed by atoms with Crippen LogP contribution in [0.5, 0.6) is 0 Å². The number of aromatic nitrogens is 1. The summed E-state index contributed by atoms with van der Waals surface area (Å²) in [6.45, 7) is 5.09. The summed E-state index contributed by atoms with van der Waals surface area (Å²) >= 11 is 8.75. The molecule has 1 fully saturated rings. The molecule has 16 heteroatoms. The van der Waals surface area contributed by atoms with Crippen LogP contribution in [0.1, 0.15) is 49.6 Å². The van der Waals surface area contributed by atoms with Crippen molar-refractivity contribution in [3.05, 3.63) is 129 Å². The van der Waals surface area contributed by atoms with Gasteiger partial charge in [0.25, 0.3) is 11.8 Å². The Hall–Kier alpha value is -5.51. The minimum atomic E-state index is -1.42. The molecular weight excluding hydrogens is 754 g/mol. The molecule has 0 radical (unpaired) electrons. The second kappa shape index (κ2) is 15.8. The van der Waals surface area contributed by atoms with Crippen LogP contribution in [0.25, 0.3) is 0 Å². The molecule has 54 heavy (non-hydrogen) atoms. The van der Waals surface area contributed by atoms with E-state index < -0.39 is 52.2 Å². The number of carbonyl (C=O) groups is 5. The molecule has 1 saturated heterocycles. The molecule has 3 heterocycles. The van der Waals surface area contributed by atoms with Crippen LogP contribution in [-0.4, -0.2) is 73.6 Å². The number of ether oxygens (including phenoxy) is 1. The lowest BCUT2D eigenvalue weighted by Gasteiger charge is -2.49. The quantitative estimate of drug-likeness (QED) is 0.0494. The van der Waals surface area contributed by atoms with Crippen molar-refractivity contribution >= 4 is 75.7 Å². The van der Waals surface area contributed by atoms with Gasteiger partial charge in [-0.25, -0.2) is 14.6 Å². The van der Waals surface area contributed by atoms with Gasteiger partial charge in [0.05, 0.1) is 0 Å². The van der Waals surface area contributed by atoms with Crippen LogP contribution in [0.2, 0.25) is 4.34 Å². The Morgan fingerprint density at radius 2 is 1.54 bits per heavy atom. The first-order chi connectivity index (χ1) is 25.8. The molecule has 2 aliphatic rings. The number of rotatable bonds is 12. The molecule has 0 spiro atoms. The van der Waals surface area contributed by atoms with E-state index in [9.17, 15) is 29.1 Å². The minimum Gasteiger partial charge on any atom is -0.477 e. The highest BCUT2D eigenvalue weighted by molar-refractivity contribution is 8.00. The fourth-order valence-electron chi connectivity index (χ4n) is 6.03. The van der Waals surface area contributed by atoms with Crippen molar-refractivity contribution in [2.45, 2.75) is 49.8 Å². The average Bonchev–Trinajstić information content (AvgIpc) is 3.50. The number of oxime groups is 1. The van der Waals surface area contributed by atoms with Crippen molar-refractivity contribution in [1.82, 2.24) is 15.2 Å². The Kier molecular flexibility index (Phi) is 11.2. The van der Waals surface area contributed by atoms with E-state index in [0.29, 0.717) is 28.5 Å². The molecule has 1 aromatic heterocycles. The summed E-state index contributed by atoms with van der Waals surface area (Å²) in [5, 5.41) is 18.8. The Morgan fingerprint density at radius 3 is 2.04 bits per heavy atom. The van der Waals surface area contributed by atoms with Gasteiger partial charge < -0.3 is 24.8 Å². The molecule has 0 bridgehead atoms. The van der Waals surface area contributed by atoms with Gasteiger partial charge in [-0.2, -0.15) is 0 Å². The predicted octanol–water partition coefficient (Wildman–Crippen LogP) is 6.18. The van der Waals surface area contributed by atoms with Gasteiger partial charge in [-0.05, 0) is 26.3 Å². The Bertz CT molecular complexity index is 2040. The second-order valence-electron chi connectivity index (χ2n) is 13.1. The molecule has 3 aromatic carbocycles. The molecule has 0 saturated carbocycles. The number of amides is 3. The molecule has 0 unspecified atom stereocenters. The average molecular weight is 788 g/mol. The summed E-state index contributed by atoms with van der Waals surface area (Å²) in [7, 11) is 0. The summed E-state index contributed by atoms with van der Waals surface area (Å²) < 4.78 is 5.32. The Labute approximate surface area is 323 Å². The van der Waals surface area contributed by atoms with Crippen LogP contribution in [0.4, 0.5) is 9.93 Å². The molecule has 2 atom stereocenters. The maximum atomic E-state index is 14.4. The molecular formula is C38H34ClN5O8S2. The Balaban J connectivity index is 1.43. The molecule has 2 aliphatic heterocycles. The summed E-state index contributed by atoms with van der Waals surface area (Å²) in [6, 6.07) is 26.7. The number of halogens is 1. The molecule has 6 rings (SSSR count). The van der Waals surface area contributed by atoms with E-state index in [0.717, 1.165) is 16.2 Å². The number of thiazole rings is 1. The number of fused-ring (bicyclic) bond motifs is 1. The van der Waals surface area contributed by atoms with Gasteiger partial charge in [-0.1, -0.05) is 119 Å². The van der Waals surface area contributed by atoms with Gasteiger partial charge in [-0.15, -0.1) is 11.8 Å². The van der Waals surface area contributed by atoms with Crippen LogP contribution < -0.4 is 10.6 Å². The highest BCUT2D eigenvalue weighted by Crippen LogP contribution is 2.43. The minimum absolute atomic E-state index is 0.00197. The number of anilines is 1. The number of nitrogens with zero attached hydrogens (tertiary/aromatic N) is 3. The van der Waals surface area contributed by atoms with Crippen molar-refractivity contribution < 1.29 is 38.7 Å². The standard InChI is InChI=1S/C38H34ClN5O8S2/c1-37(2,3)51-36(50)42-35-41-26(30(39)54-35)27(31(46)40-28-32(47)44-29(34(48)49)22(19-20-45)21-53-33(28)44)43-52-38(23-13-7-4-8-14-23,24-15-9-5-10-16-24)25-17-11-6-12-18-25/h4-18,20,28,33H,19,21H2,1-3H3,(H,40,46)(H,48,49)(H,41,42,50)/t28-,33-/m1/s1. The normalized spacial score (nSPS) is 17.2. The van der Waals surface area contributed by atoms with Crippen molar-refractivity contribution in [2.24, 2.45) is 5.16 Å². The number of hydrogen-bond acceptors (Lipinski definition) is 11. The van der Waals surface area contributed by atoms with E-state index in [1.807, 2.05) is 91.0 Å². The predicted molar refractivity (Wildman–Crippen MR) is 204 cm³/mol. The molecule has 4 aromatic rings. The number of carboxylic acids is 1. The van der Waals surface area contributed by atoms with Gasteiger partial charge >= 0.3 is 12.1 Å². The van der Waals surface area contributed by atoms with Gasteiger partial charge in [0.2, 0.25) is 5.60 Å². The number of aldehydes is 1. The number of hydrogen-bond donors (Lipinski definition) is 3. The van der Waals surface area contributed by atoms with Gasteiger partial charge in [0, 0.05) is 28.9 Å². The van der Waals surface area contributed by atoms with Gasteiger partial charge in [0.1, 0.15) is 39.0 Å². The summed E-state index contributed by atoms with van der Waals surface area (Å²) in [5.41, 5.74) is -0.790. The maximum Gasteiger partial charge on any atom is 0.413 e. The largest absolute Gasteiger partial charge is 0.477 e. The lowest BCUT2D eigenvalue weighted by Crippen LogP contribution is -2.71. The molecule has 13 nitrogen and oxygen atoms in total. The number of carboxylic acid groups (broad SMARTS) is 1. The zero-order chi connectivity index (χ0) is 38.6. The SMILES string of the molecule is CC(C)(C)OC(=O)Nc1nc(C(=NOC(c2ccccc2)(c2ccccc2)c2ccccc2)C(=O)N[C@@H]2C(=O)N3C(C(=O)O)=C(CC=O)CS[C@H]23)c(Cl)s1. The van der Waals surface area contributed by atoms with Gasteiger partial charge in [0.15, 0.2) is 10.8 Å². The van der Waals surface area contributed by atoms with E-state index in [1.54, 1.807) is 20.8 Å². The van der Waals surface area contributed by atoms with Gasteiger partial charge in [-0.3, -0.25) is 19.8 Å². The summed E-state index contributed by atoms with van der Waals surface area (Å²) in [6.07, 6.45) is -0.375. The number of β-lactam (4-membered cyclic amide) rings is 1. The molecule has 278 valence electrons. The third-order valence-electron chi connectivity index (χ3n) is 8.31. The number of nitrogens with one attached hydrogen (secondary N) is 2. The fourth-order valence-corrected chi connectivity index (χ4v) is 8.42. The van der Waals surface area contributed by atoms with Crippen LogP contribution in [-0.2, 0) is 34.4 Å². The maximum absolute atomic E-state index is 14.4. The van der Waals surface area contributed by atoms with E-state index >= 15 is 0 Å². The topological polar surface area (TPSA) is 177 Å². The first kappa shape index (κ1) is 38.2. The zero-order valence-corrected chi connectivity index (χ0v) is 31.5. The monoisotopic (exact) mass is 787 g/mol. The lowest BCUT2D eigenvalue weighted by atomic mass is 9.80. The van der Waals surface area contributed by atoms with Crippen molar-refractivity contribution in [3.8, 4) is 0 Å². The molecule has 3 amide bonds. The fraction of sp³-hybridized carbons (Fsp3) is 0.237. The Morgan fingerprint density at radius 1 is 0.981 bits per heavy atom. The summed E-state index contributed by atoms with van der Waals surface area (Å²) in [5.74, 6) is -2.79. The first-order valence-electron chi connectivity index (χ1n) is 16.6. The van der Waals surface area contributed by atoms with Crippen LogP contribution in [0.3, 0.4) is 0 Å². The summed E-state index contributed by atoms with van der Waals surface area (Å²) in [4.78, 5) is 75.9. The highest BCUT2D eigenvalue weighted by Gasteiger charge is 2.54. The van der Waals surface area contributed by atoms with Crippen LogP contribution in [0.15, 0.2) is 107 Å². The van der Waals surface area contributed by atoms with E-state index in [4.69, 9.17) is 21.2 Å². The van der Waals surface area contributed by atoms with Crippen molar-refractivity contribution in [2.75, 3.05) is 11.1 Å². The third kappa shape index (κ3) is 7.74. The number of carbonyl (C=O) groups excluding carboxylic acids is 4. The number of aliphatic carboxylic acids is 1. The first-order valence-corrected chi connectivity index (χ1v) is 18.8. The van der Waals surface area contributed by atoms with Crippen molar-refractivity contribution in [1.29, 1.82) is 0 Å². The number of thioether (sulfide) groups is 1. The molecule has 3 N–H and O–H groups in total. The van der Waals surface area contributed by atoms with E-state index in [1.165, 1.54) is 11.8 Å². The highest BCUT2D eigenvalue weighted by atomic mass is 35.5. The number of benzene rings is 3. The van der Waals surface area contributed by atoms with Crippen LogP contribution in [0, 0.1) is 0 Å². The molecule has 0 aliphatic carbocycles. The second-order valence-corrected chi connectivity index (χ2v) is 15.8. The third-order valence-corrected chi connectivity index (χ3v) is 10.8. The van der Waals surface area contributed by atoms with E-state index in [-0.39, 0.29) is 33.0 Å².